The van der Waals surface area contributed by atoms with Crippen LogP contribution in [0.1, 0.15) is 39.1 Å². The Bertz CT molecular complexity index is 1450. The Balaban J connectivity index is 1.60. The highest BCUT2D eigenvalue weighted by atomic mass is 32.1. The van der Waals surface area contributed by atoms with Crippen molar-refractivity contribution >= 4 is 29.0 Å². The SMILES string of the molecule is Cc1csc(CN(C)C(=O)c2cc(C(=N)OC(=N)[C@](C)(N)Cc3ccccc3)cc(-c3cnccn3)c2)n1. The van der Waals surface area contributed by atoms with Gasteiger partial charge in [0.25, 0.3) is 5.91 Å². The summed E-state index contributed by atoms with van der Waals surface area (Å²) >= 11 is 1.50. The summed E-state index contributed by atoms with van der Waals surface area (Å²) in [6, 6.07) is 14.5. The van der Waals surface area contributed by atoms with Crippen molar-refractivity contribution in [3.8, 4) is 11.3 Å². The maximum absolute atomic E-state index is 13.4. The van der Waals surface area contributed by atoms with Gasteiger partial charge in [-0.2, -0.15) is 0 Å². The maximum Gasteiger partial charge on any atom is 0.254 e. The Morgan fingerprint density at radius 2 is 1.87 bits per heavy atom. The number of benzene rings is 2. The van der Waals surface area contributed by atoms with Crippen LogP contribution < -0.4 is 5.73 Å². The molecule has 4 rings (SSSR count). The smallest absolute Gasteiger partial charge is 0.254 e. The van der Waals surface area contributed by atoms with Gasteiger partial charge in [-0.3, -0.25) is 25.6 Å². The molecule has 1 atom stereocenters. The number of rotatable bonds is 8. The van der Waals surface area contributed by atoms with E-state index < -0.39 is 5.54 Å². The molecule has 0 saturated heterocycles. The maximum atomic E-state index is 13.4. The second-order valence-corrected chi connectivity index (χ2v) is 10.2. The largest absolute Gasteiger partial charge is 0.423 e. The summed E-state index contributed by atoms with van der Waals surface area (Å²) in [7, 11) is 1.70. The van der Waals surface area contributed by atoms with E-state index in [1.165, 1.54) is 11.3 Å². The summed E-state index contributed by atoms with van der Waals surface area (Å²) in [4.78, 5) is 27.9. The minimum atomic E-state index is -1.14. The lowest BCUT2D eigenvalue weighted by Crippen LogP contribution is -2.48. The third-order valence-electron chi connectivity index (χ3n) is 5.82. The predicted octanol–water partition coefficient (Wildman–Crippen LogP) is 4.46. The standard InChI is InChI=1S/C28H29N7O2S/c1-18-17-38-24(34-18)16-35(3)26(36)22-12-20(23-15-32-9-10-33-23)11-21(13-22)25(29)37-27(30)28(2,31)14-19-7-5-4-6-8-19/h4-13,15,17,29-30H,14,16,31H2,1-3H3/t28-/m1/s1. The zero-order chi connectivity index (χ0) is 27.3. The number of aryl methyl sites for hydroxylation is 1. The van der Waals surface area contributed by atoms with Crippen molar-refractivity contribution in [3.05, 3.63) is 99.9 Å². The molecule has 2 aromatic carbocycles. The van der Waals surface area contributed by atoms with Gasteiger partial charge in [-0.25, -0.2) is 4.98 Å². The van der Waals surface area contributed by atoms with Crippen LogP contribution in [0.5, 0.6) is 0 Å². The summed E-state index contributed by atoms with van der Waals surface area (Å²) in [5, 5.41) is 19.9. The first kappa shape index (κ1) is 26.8. The fraction of sp³-hybridized carbons (Fsp3) is 0.214. The van der Waals surface area contributed by atoms with Crippen molar-refractivity contribution in [2.45, 2.75) is 32.4 Å². The number of hydrogen-bond acceptors (Lipinski definition) is 9. The van der Waals surface area contributed by atoms with E-state index in [9.17, 15) is 4.79 Å². The molecule has 2 heterocycles. The van der Waals surface area contributed by atoms with Crippen LogP contribution in [-0.4, -0.2) is 50.1 Å². The highest BCUT2D eigenvalue weighted by Gasteiger charge is 2.29. The fourth-order valence-corrected chi connectivity index (χ4v) is 4.65. The van der Waals surface area contributed by atoms with Gasteiger partial charge in [0.15, 0.2) is 0 Å². The summed E-state index contributed by atoms with van der Waals surface area (Å²) in [6.07, 6.45) is 5.06. The van der Waals surface area contributed by atoms with Crippen LogP contribution in [0.4, 0.5) is 0 Å². The van der Waals surface area contributed by atoms with Crippen LogP contribution in [0.15, 0.2) is 72.5 Å². The number of thiazole rings is 1. The molecule has 38 heavy (non-hydrogen) atoms. The van der Waals surface area contributed by atoms with E-state index in [0.717, 1.165) is 16.3 Å². The molecule has 0 saturated carbocycles. The normalized spacial score (nSPS) is 12.4. The zero-order valence-electron chi connectivity index (χ0n) is 21.4. The quantitative estimate of drug-likeness (QED) is 0.228. The molecule has 4 N–H and O–H groups in total. The number of carbonyl (C=O) groups excluding carboxylic acids is 1. The zero-order valence-corrected chi connectivity index (χ0v) is 22.2. The van der Waals surface area contributed by atoms with Crippen LogP contribution in [-0.2, 0) is 17.7 Å². The van der Waals surface area contributed by atoms with Crippen molar-refractivity contribution in [3.63, 3.8) is 0 Å². The lowest BCUT2D eigenvalue weighted by atomic mass is 9.93. The number of carbonyl (C=O) groups is 1. The minimum Gasteiger partial charge on any atom is -0.423 e. The van der Waals surface area contributed by atoms with Crippen LogP contribution >= 0.6 is 11.3 Å². The van der Waals surface area contributed by atoms with Crippen molar-refractivity contribution in [2.75, 3.05) is 7.05 Å². The highest BCUT2D eigenvalue weighted by molar-refractivity contribution is 7.09. The first-order valence-electron chi connectivity index (χ1n) is 11.9. The van der Waals surface area contributed by atoms with Gasteiger partial charge in [0.05, 0.1) is 24.0 Å². The molecule has 1 amide bonds. The summed E-state index contributed by atoms with van der Waals surface area (Å²) in [6.45, 7) is 3.95. The molecule has 0 spiro atoms. The Morgan fingerprint density at radius 1 is 1.13 bits per heavy atom. The summed E-state index contributed by atoms with van der Waals surface area (Å²) in [5.74, 6) is -0.793. The minimum absolute atomic E-state index is 0.250. The van der Waals surface area contributed by atoms with E-state index in [-0.39, 0.29) is 17.7 Å². The van der Waals surface area contributed by atoms with E-state index in [0.29, 0.717) is 35.3 Å². The van der Waals surface area contributed by atoms with Crippen molar-refractivity contribution < 1.29 is 9.53 Å². The number of nitrogens with zero attached hydrogens (tertiary/aromatic N) is 4. The lowest BCUT2D eigenvalue weighted by molar-refractivity contribution is 0.0785. The van der Waals surface area contributed by atoms with Gasteiger partial charge in [-0.05, 0) is 44.0 Å². The molecule has 0 unspecified atom stereocenters. The van der Waals surface area contributed by atoms with Gasteiger partial charge in [-0.15, -0.1) is 11.3 Å². The van der Waals surface area contributed by atoms with Crippen LogP contribution in [0.2, 0.25) is 0 Å². The van der Waals surface area contributed by atoms with Gasteiger partial charge in [-0.1, -0.05) is 30.3 Å². The molecule has 10 heteroatoms. The topological polar surface area (TPSA) is 142 Å². The molecule has 2 aromatic heterocycles. The average Bonchev–Trinajstić information content (AvgIpc) is 3.32. The highest BCUT2D eigenvalue weighted by Crippen LogP contribution is 2.23. The second kappa shape index (κ2) is 11.4. The van der Waals surface area contributed by atoms with Crippen LogP contribution in [0.25, 0.3) is 11.3 Å². The van der Waals surface area contributed by atoms with Gasteiger partial charge in [0, 0.05) is 47.2 Å². The van der Waals surface area contributed by atoms with E-state index >= 15 is 0 Å². The number of nitrogens with two attached hydrogens (primary N) is 1. The molecule has 0 fully saturated rings. The Morgan fingerprint density at radius 3 is 2.53 bits per heavy atom. The van der Waals surface area contributed by atoms with Gasteiger partial charge in [0.2, 0.25) is 11.8 Å². The van der Waals surface area contributed by atoms with E-state index in [2.05, 4.69) is 15.0 Å². The molecule has 0 aliphatic rings. The Kier molecular flexibility index (Phi) is 8.04. The molecule has 4 aromatic rings. The fourth-order valence-electron chi connectivity index (χ4n) is 3.83. The third kappa shape index (κ3) is 6.53. The second-order valence-electron chi connectivity index (χ2n) is 9.27. The van der Waals surface area contributed by atoms with Gasteiger partial charge < -0.3 is 15.4 Å². The molecule has 194 valence electrons. The third-order valence-corrected chi connectivity index (χ3v) is 6.78. The molecule has 0 bridgehead atoms. The lowest BCUT2D eigenvalue weighted by Gasteiger charge is -2.25. The molecular formula is C28H29N7O2S. The van der Waals surface area contributed by atoms with Gasteiger partial charge in [0.1, 0.15) is 5.01 Å². The monoisotopic (exact) mass is 527 g/mol. The van der Waals surface area contributed by atoms with E-state index in [4.69, 9.17) is 21.3 Å². The predicted molar refractivity (Wildman–Crippen MR) is 148 cm³/mol. The molecule has 0 radical (unpaired) electrons. The molecule has 0 aliphatic heterocycles. The first-order chi connectivity index (χ1) is 18.1. The number of aromatic nitrogens is 3. The van der Waals surface area contributed by atoms with E-state index in [1.807, 2.05) is 42.6 Å². The molecule has 9 nitrogen and oxygen atoms in total. The first-order valence-corrected chi connectivity index (χ1v) is 12.8. The number of hydrogen-bond donors (Lipinski definition) is 3. The number of amides is 1. The summed E-state index contributed by atoms with van der Waals surface area (Å²) in [5.41, 5.74) is 8.92. The van der Waals surface area contributed by atoms with Crippen LogP contribution in [0, 0.1) is 17.7 Å². The average molecular weight is 528 g/mol. The molecular weight excluding hydrogens is 498 g/mol. The van der Waals surface area contributed by atoms with Crippen molar-refractivity contribution in [2.24, 2.45) is 5.73 Å². The Labute approximate surface area is 225 Å². The molecule has 0 aliphatic carbocycles. The summed E-state index contributed by atoms with van der Waals surface area (Å²) < 4.78 is 5.63. The number of ether oxygens (including phenoxy) is 1. The number of nitrogens with one attached hydrogen (secondary N) is 2. The van der Waals surface area contributed by atoms with Crippen molar-refractivity contribution in [1.29, 1.82) is 10.8 Å². The van der Waals surface area contributed by atoms with Gasteiger partial charge >= 0.3 is 0 Å². The van der Waals surface area contributed by atoms with Crippen molar-refractivity contribution in [1.82, 2.24) is 19.9 Å². The van der Waals surface area contributed by atoms with E-state index in [1.54, 1.807) is 55.7 Å². The Hall–Kier alpha value is -4.28. The van der Waals surface area contributed by atoms with Crippen LogP contribution in [0.3, 0.4) is 0 Å².